The Morgan fingerprint density at radius 3 is 2.69 bits per heavy atom. The lowest BCUT2D eigenvalue weighted by molar-refractivity contribution is 0.0841. The Bertz CT molecular complexity index is 295. The van der Waals surface area contributed by atoms with E-state index in [-0.39, 0.29) is 5.78 Å². The summed E-state index contributed by atoms with van der Waals surface area (Å²) < 4.78 is 0. The van der Waals surface area contributed by atoms with Gasteiger partial charge in [-0.3, -0.25) is 9.78 Å². The van der Waals surface area contributed by atoms with Crippen LogP contribution >= 0.6 is 0 Å². The molecule has 0 amide bonds. The molecule has 0 saturated carbocycles. The Kier molecular flexibility index (Phi) is 2.72. The molecule has 1 aromatic heterocycles. The van der Waals surface area contributed by atoms with Gasteiger partial charge in [-0.15, -0.1) is 0 Å². The van der Waals surface area contributed by atoms with Crippen molar-refractivity contribution in [2.75, 3.05) is 6.54 Å². The zero-order valence-corrected chi connectivity index (χ0v) is 7.82. The first-order valence-corrected chi connectivity index (χ1v) is 4.09. The van der Waals surface area contributed by atoms with Gasteiger partial charge in [0.05, 0.1) is 6.20 Å². The number of rotatable bonds is 3. The fourth-order valence-electron chi connectivity index (χ4n) is 0.856. The maximum Gasteiger partial charge on any atom is 0.189 e. The van der Waals surface area contributed by atoms with Crippen LogP contribution < -0.4 is 5.73 Å². The standard InChI is InChI=1S/C9H13N3O/c1-9(2,6-10)8(13)7-5-11-3-4-12-7/h3-5H,6,10H2,1-2H3. The predicted octanol–water partition coefficient (Wildman–Crippen LogP) is 0.644. The maximum absolute atomic E-state index is 11.7. The Balaban J connectivity index is 2.93. The van der Waals surface area contributed by atoms with Crippen molar-refractivity contribution in [1.82, 2.24) is 9.97 Å². The van der Waals surface area contributed by atoms with E-state index in [4.69, 9.17) is 5.73 Å². The molecule has 0 fully saturated rings. The highest BCUT2D eigenvalue weighted by Crippen LogP contribution is 2.18. The van der Waals surface area contributed by atoms with Crippen LogP contribution in [0, 0.1) is 5.41 Å². The molecule has 0 saturated heterocycles. The predicted molar refractivity (Wildman–Crippen MR) is 49.2 cm³/mol. The molecule has 4 heteroatoms. The normalized spacial score (nSPS) is 11.3. The first kappa shape index (κ1) is 9.80. The molecule has 0 aliphatic heterocycles. The van der Waals surface area contributed by atoms with E-state index in [9.17, 15) is 4.79 Å². The van der Waals surface area contributed by atoms with Gasteiger partial charge >= 0.3 is 0 Å². The number of hydrogen-bond donors (Lipinski definition) is 1. The van der Waals surface area contributed by atoms with Gasteiger partial charge in [0.25, 0.3) is 0 Å². The van der Waals surface area contributed by atoms with Crippen molar-refractivity contribution in [1.29, 1.82) is 0 Å². The van der Waals surface area contributed by atoms with Crippen LogP contribution in [0.25, 0.3) is 0 Å². The highest BCUT2D eigenvalue weighted by Gasteiger charge is 2.27. The van der Waals surface area contributed by atoms with E-state index >= 15 is 0 Å². The van der Waals surface area contributed by atoms with Gasteiger partial charge < -0.3 is 5.73 Å². The molecule has 0 radical (unpaired) electrons. The molecule has 0 aliphatic rings. The molecular weight excluding hydrogens is 166 g/mol. The summed E-state index contributed by atoms with van der Waals surface area (Å²) in [6.45, 7) is 3.90. The molecular formula is C9H13N3O. The van der Waals surface area contributed by atoms with Gasteiger partial charge in [0, 0.05) is 24.4 Å². The average Bonchev–Trinajstić information content (AvgIpc) is 2.18. The zero-order chi connectivity index (χ0) is 9.90. The topological polar surface area (TPSA) is 68.9 Å². The minimum Gasteiger partial charge on any atom is -0.329 e. The zero-order valence-electron chi connectivity index (χ0n) is 7.82. The van der Waals surface area contributed by atoms with Gasteiger partial charge in [-0.25, -0.2) is 4.98 Å². The molecule has 0 aliphatic carbocycles. The number of ketones is 1. The summed E-state index contributed by atoms with van der Waals surface area (Å²) in [4.78, 5) is 19.5. The van der Waals surface area contributed by atoms with E-state index in [1.54, 1.807) is 13.8 Å². The van der Waals surface area contributed by atoms with E-state index in [0.29, 0.717) is 12.2 Å². The van der Waals surface area contributed by atoms with E-state index in [1.807, 2.05) is 0 Å². The monoisotopic (exact) mass is 179 g/mol. The van der Waals surface area contributed by atoms with Crippen molar-refractivity contribution in [2.24, 2.45) is 11.1 Å². The summed E-state index contributed by atoms with van der Waals surface area (Å²) >= 11 is 0. The van der Waals surface area contributed by atoms with Crippen molar-refractivity contribution in [3.8, 4) is 0 Å². The number of nitrogens with two attached hydrogens (primary N) is 1. The lowest BCUT2D eigenvalue weighted by Gasteiger charge is -2.19. The Hall–Kier alpha value is -1.29. The summed E-state index contributed by atoms with van der Waals surface area (Å²) in [6, 6.07) is 0. The van der Waals surface area contributed by atoms with Gasteiger partial charge in [-0.05, 0) is 0 Å². The van der Waals surface area contributed by atoms with Gasteiger partial charge in [0.1, 0.15) is 5.69 Å². The summed E-state index contributed by atoms with van der Waals surface area (Å²) in [5, 5.41) is 0. The third-order valence-corrected chi connectivity index (χ3v) is 1.92. The van der Waals surface area contributed by atoms with Crippen LogP contribution in [0.2, 0.25) is 0 Å². The van der Waals surface area contributed by atoms with Crippen LogP contribution in [0.5, 0.6) is 0 Å². The van der Waals surface area contributed by atoms with Crippen molar-refractivity contribution < 1.29 is 4.79 Å². The molecule has 0 bridgehead atoms. The Morgan fingerprint density at radius 2 is 2.23 bits per heavy atom. The van der Waals surface area contributed by atoms with Gasteiger partial charge in [-0.1, -0.05) is 13.8 Å². The third kappa shape index (κ3) is 2.09. The molecule has 70 valence electrons. The van der Waals surface area contributed by atoms with Gasteiger partial charge in [0.2, 0.25) is 0 Å². The Morgan fingerprint density at radius 1 is 1.54 bits per heavy atom. The van der Waals surface area contributed by atoms with Crippen LogP contribution in [0.4, 0.5) is 0 Å². The summed E-state index contributed by atoms with van der Waals surface area (Å²) in [6.07, 6.45) is 4.49. The van der Waals surface area contributed by atoms with E-state index < -0.39 is 5.41 Å². The summed E-state index contributed by atoms with van der Waals surface area (Å²) in [7, 11) is 0. The quantitative estimate of drug-likeness (QED) is 0.691. The molecule has 2 N–H and O–H groups in total. The molecule has 0 atom stereocenters. The number of Topliss-reactive ketones (excluding diaryl/α,β-unsaturated/α-hetero) is 1. The smallest absolute Gasteiger partial charge is 0.189 e. The van der Waals surface area contributed by atoms with Crippen molar-refractivity contribution >= 4 is 5.78 Å². The van der Waals surface area contributed by atoms with Crippen LogP contribution in [-0.4, -0.2) is 22.3 Å². The number of hydrogen-bond acceptors (Lipinski definition) is 4. The molecule has 1 rings (SSSR count). The fraction of sp³-hybridized carbons (Fsp3) is 0.444. The first-order valence-electron chi connectivity index (χ1n) is 4.09. The number of aromatic nitrogens is 2. The lowest BCUT2D eigenvalue weighted by Crippen LogP contribution is -2.33. The molecule has 0 unspecified atom stereocenters. The van der Waals surface area contributed by atoms with Crippen molar-refractivity contribution in [3.63, 3.8) is 0 Å². The molecule has 1 aromatic rings. The molecule has 13 heavy (non-hydrogen) atoms. The largest absolute Gasteiger partial charge is 0.329 e. The van der Waals surface area contributed by atoms with E-state index in [0.717, 1.165) is 0 Å². The minimum atomic E-state index is -0.559. The van der Waals surface area contributed by atoms with Crippen LogP contribution in [0.3, 0.4) is 0 Å². The second-order valence-corrected chi connectivity index (χ2v) is 3.51. The summed E-state index contributed by atoms with van der Waals surface area (Å²) in [5.74, 6) is -0.0666. The second kappa shape index (κ2) is 3.62. The average molecular weight is 179 g/mol. The highest BCUT2D eigenvalue weighted by molar-refractivity contribution is 5.98. The lowest BCUT2D eigenvalue weighted by atomic mass is 9.87. The second-order valence-electron chi connectivity index (χ2n) is 3.51. The van der Waals surface area contributed by atoms with Crippen molar-refractivity contribution in [2.45, 2.75) is 13.8 Å². The maximum atomic E-state index is 11.7. The number of carbonyl (C=O) groups is 1. The van der Waals surface area contributed by atoms with Crippen LogP contribution in [0.15, 0.2) is 18.6 Å². The molecule has 0 aromatic carbocycles. The van der Waals surface area contributed by atoms with Gasteiger partial charge in [-0.2, -0.15) is 0 Å². The highest BCUT2D eigenvalue weighted by atomic mass is 16.1. The summed E-state index contributed by atoms with van der Waals surface area (Å²) in [5.41, 5.74) is 5.29. The van der Waals surface area contributed by atoms with E-state index in [1.165, 1.54) is 18.6 Å². The van der Waals surface area contributed by atoms with Crippen LogP contribution in [-0.2, 0) is 0 Å². The van der Waals surface area contributed by atoms with E-state index in [2.05, 4.69) is 9.97 Å². The minimum absolute atomic E-state index is 0.0666. The Labute approximate surface area is 77.2 Å². The molecule has 4 nitrogen and oxygen atoms in total. The fourth-order valence-corrected chi connectivity index (χ4v) is 0.856. The number of carbonyl (C=O) groups excluding carboxylic acids is 1. The van der Waals surface area contributed by atoms with Gasteiger partial charge in [0.15, 0.2) is 5.78 Å². The van der Waals surface area contributed by atoms with Crippen molar-refractivity contribution in [3.05, 3.63) is 24.3 Å². The number of nitrogens with zero attached hydrogens (tertiary/aromatic N) is 2. The SMILES string of the molecule is CC(C)(CN)C(=O)c1cnccn1. The molecule has 0 spiro atoms. The first-order chi connectivity index (χ1) is 6.08. The third-order valence-electron chi connectivity index (χ3n) is 1.92. The molecule has 1 heterocycles. The van der Waals surface area contributed by atoms with Crippen LogP contribution in [0.1, 0.15) is 24.3 Å².